The number of nitrogens with one attached hydrogen (secondary N) is 1. The molecule has 0 unspecified atom stereocenters. The number of halogens is 2. The van der Waals surface area contributed by atoms with E-state index in [2.05, 4.69) is 9.97 Å². The summed E-state index contributed by atoms with van der Waals surface area (Å²) in [5, 5.41) is 0.289. The van der Waals surface area contributed by atoms with E-state index in [0.717, 1.165) is 0 Å². The fourth-order valence-electron chi connectivity index (χ4n) is 1.64. The monoisotopic (exact) mass is 240 g/mol. The van der Waals surface area contributed by atoms with E-state index >= 15 is 0 Å². The van der Waals surface area contributed by atoms with Crippen LogP contribution in [0.3, 0.4) is 0 Å². The molecule has 2 rings (SSSR count). The Morgan fingerprint density at radius 3 is 2.88 bits per heavy atom. The van der Waals surface area contributed by atoms with Gasteiger partial charge in [0, 0.05) is 0 Å². The molecule has 0 bridgehead atoms. The maximum Gasteiger partial charge on any atom is 0.258 e. The molecule has 1 aromatic heterocycles. The Morgan fingerprint density at radius 1 is 1.56 bits per heavy atom. The second kappa shape index (κ2) is 3.87. The highest BCUT2D eigenvalue weighted by atomic mass is 35.5. The molecule has 1 aromatic carbocycles. The van der Waals surface area contributed by atoms with Gasteiger partial charge in [-0.15, -0.1) is 0 Å². The zero-order valence-corrected chi connectivity index (χ0v) is 9.65. The minimum Gasteiger partial charge on any atom is -0.310 e. The van der Waals surface area contributed by atoms with Crippen LogP contribution in [-0.4, -0.2) is 9.97 Å². The summed E-state index contributed by atoms with van der Waals surface area (Å²) in [6.45, 7) is 3.45. The van der Waals surface area contributed by atoms with Gasteiger partial charge in [-0.3, -0.25) is 4.79 Å². The van der Waals surface area contributed by atoms with Gasteiger partial charge in [-0.1, -0.05) is 18.5 Å². The lowest BCUT2D eigenvalue weighted by Crippen LogP contribution is -2.11. The SMILES string of the molecule is CCc1cc2c(=O)[nH]c(C)nc2c(F)c1Cl. The van der Waals surface area contributed by atoms with E-state index < -0.39 is 5.82 Å². The molecule has 5 heteroatoms. The van der Waals surface area contributed by atoms with Crippen molar-refractivity contribution in [2.24, 2.45) is 0 Å². The quantitative estimate of drug-likeness (QED) is 0.833. The summed E-state index contributed by atoms with van der Waals surface area (Å²) in [4.78, 5) is 18.1. The van der Waals surface area contributed by atoms with Crippen molar-refractivity contribution in [2.75, 3.05) is 0 Å². The number of aryl methyl sites for hydroxylation is 2. The third kappa shape index (κ3) is 1.59. The average Bonchev–Trinajstić information content (AvgIpc) is 2.24. The topological polar surface area (TPSA) is 45.8 Å². The van der Waals surface area contributed by atoms with Crippen molar-refractivity contribution in [3.8, 4) is 0 Å². The Balaban J connectivity index is 2.98. The molecule has 0 aliphatic carbocycles. The molecule has 16 heavy (non-hydrogen) atoms. The molecule has 0 amide bonds. The van der Waals surface area contributed by atoms with E-state index in [-0.39, 0.29) is 21.5 Å². The van der Waals surface area contributed by atoms with Gasteiger partial charge in [0.05, 0.1) is 10.4 Å². The van der Waals surface area contributed by atoms with Crippen LogP contribution in [-0.2, 0) is 6.42 Å². The lowest BCUT2D eigenvalue weighted by atomic mass is 10.1. The van der Waals surface area contributed by atoms with Crippen LogP contribution in [0.2, 0.25) is 5.02 Å². The Bertz CT molecular complexity index is 621. The third-order valence-electron chi connectivity index (χ3n) is 2.46. The summed E-state index contributed by atoms with van der Waals surface area (Å²) >= 11 is 5.85. The first kappa shape index (κ1) is 11.1. The van der Waals surface area contributed by atoms with Gasteiger partial charge >= 0.3 is 0 Å². The van der Waals surface area contributed by atoms with Crippen molar-refractivity contribution >= 4 is 22.5 Å². The molecular formula is C11H10ClFN2O. The zero-order chi connectivity index (χ0) is 11.9. The molecule has 0 saturated carbocycles. The molecule has 0 spiro atoms. The molecule has 0 saturated heterocycles. The van der Waals surface area contributed by atoms with Gasteiger partial charge < -0.3 is 4.98 Å². The van der Waals surface area contributed by atoms with Gasteiger partial charge in [-0.05, 0) is 25.0 Å². The van der Waals surface area contributed by atoms with Gasteiger partial charge in [0.1, 0.15) is 11.3 Å². The van der Waals surface area contributed by atoms with Crippen molar-refractivity contribution in [1.29, 1.82) is 0 Å². The number of nitrogens with zero attached hydrogens (tertiary/aromatic N) is 1. The first-order valence-corrected chi connectivity index (χ1v) is 5.30. The van der Waals surface area contributed by atoms with Gasteiger partial charge in [0.15, 0.2) is 5.82 Å². The van der Waals surface area contributed by atoms with Crippen LogP contribution < -0.4 is 5.56 Å². The highest BCUT2D eigenvalue weighted by Crippen LogP contribution is 2.26. The molecule has 1 heterocycles. The first-order chi connectivity index (χ1) is 7.54. The Kier molecular flexibility index (Phi) is 2.68. The fourth-order valence-corrected chi connectivity index (χ4v) is 1.91. The maximum atomic E-state index is 13.9. The number of rotatable bonds is 1. The summed E-state index contributed by atoms with van der Waals surface area (Å²) in [5.41, 5.74) is 0.305. The largest absolute Gasteiger partial charge is 0.310 e. The number of benzene rings is 1. The Hall–Kier alpha value is -1.42. The summed E-state index contributed by atoms with van der Waals surface area (Å²) in [6, 6.07) is 1.59. The van der Waals surface area contributed by atoms with Crippen molar-refractivity contribution in [3.63, 3.8) is 0 Å². The maximum absolute atomic E-state index is 13.9. The van der Waals surface area contributed by atoms with E-state index in [9.17, 15) is 9.18 Å². The van der Waals surface area contributed by atoms with Gasteiger partial charge in [0.2, 0.25) is 0 Å². The molecule has 0 aliphatic heterocycles. The van der Waals surface area contributed by atoms with Gasteiger partial charge in [0.25, 0.3) is 5.56 Å². The van der Waals surface area contributed by atoms with Crippen molar-refractivity contribution in [2.45, 2.75) is 20.3 Å². The number of aromatic amines is 1. The summed E-state index contributed by atoms with van der Waals surface area (Å²) in [6.07, 6.45) is 0.568. The molecule has 2 aromatic rings. The second-order valence-electron chi connectivity index (χ2n) is 3.56. The highest BCUT2D eigenvalue weighted by molar-refractivity contribution is 6.32. The van der Waals surface area contributed by atoms with Gasteiger partial charge in [-0.2, -0.15) is 0 Å². The number of hydrogen-bond acceptors (Lipinski definition) is 2. The lowest BCUT2D eigenvalue weighted by molar-refractivity contribution is 0.634. The van der Waals surface area contributed by atoms with Crippen LogP contribution >= 0.6 is 11.6 Å². The van der Waals surface area contributed by atoms with E-state index in [4.69, 9.17) is 11.6 Å². The Morgan fingerprint density at radius 2 is 2.25 bits per heavy atom. The second-order valence-corrected chi connectivity index (χ2v) is 3.94. The van der Waals surface area contributed by atoms with Crippen LogP contribution in [0.15, 0.2) is 10.9 Å². The van der Waals surface area contributed by atoms with Crippen molar-refractivity contribution in [1.82, 2.24) is 9.97 Å². The van der Waals surface area contributed by atoms with Gasteiger partial charge in [-0.25, -0.2) is 9.37 Å². The lowest BCUT2D eigenvalue weighted by Gasteiger charge is -2.06. The fraction of sp³-hybridized carbons (Fsp3) is 0.273. The van der Waals surface area contributed by atoms with E-state index in [0.29, 0.717) is 17.8 Å². The molecule has 0 fully saturated rings. The standard InChI is InChI=1S/C11H10ClFN2O/c1-3-6-4-7-10(9(13)8(6)12)14-5(2)15-11(7)16/h4H,3H2,1-2H3,(H,14,15,16). The minimum atomic E-state index is -0.620. The van der Waals surface area contributed by atoms with Crippen molar-refractivity contribution in [3.05, 3.63) is 38.6 Å². The number of H-pyrrole nitrogens is 1. The van der Waals surface area contributed by atoms with Crippen LogP contribution in [0, 0.1) is 12.7 Å². The Labute approximate surface area is 96.3 Å². The highest BCUT2D eigenvalue weighted by Gasteiger charge is 2.14. The third-order valence-corrected chi connectivity index (χ3v) is 2.86. The van der Waals surface area contributed by atoms with E-state index in [1.807, 2.05) is 6.92 Å². The summed E-state index contributed by atoms with van der Waals surface area (Å²) in [7, 11) is 0. The molecule has 3 nitrogen and oxygen atoms in total. The summed E-state index contributed by atoms with van der Waals surface area (Å²) < 4.78 is 13.9. The molecule has 0 aliphatic rings. The van der Waals surface area contributed by atoms with E-state index in [1.54, 1.807) is 13.0 Å². The molecule has 0 radical (unpaired) electrons. The average molecular weight is 241 g/mol. The normalized spacial score (nSPS) is 11.0. The predicted molar refractivity (Wildman–Crippen MR) is 61.4 cm³/mol. The van der Waals surface area contributed by atoms with E-state index in [1.165, 1.54) is 0 Å². The number of fused-ring (bicyclic) bond motifs is 1. The van der Waals surface area contributed by atoms with Crippen LogP contribution in [0.4, 0.5) is 4.39 Å². The van der Waals surface area contributed by atoms with Crippen LogP contribution in [0.25, 0.3) is 10.9 Å². The zero-order valence-electron chi connectivity index (χ0n) is 8.90. The van der Waals surface area contributed by atoms with Crippen LogP contribution in [0.5, 0.6) is 0 Å². The predicted octanol–water partition coefficient (Wildman–Crippen LogP) is 2.59. The number of hydrogen-bond donors (Lipinski definition) is 1. The first-order valence-electron chi connectivity index (χ1n) is 4.92. The molecule has 84 valence electrons. The summed E-state index contributed by atoms with van der Waals surface area (Å²) in [5.74, 6) is -0.248. The number of aromatic nitrogens is 2. The molecular weight excluding hydrogens is 231 g/mol. The van der Waals surface area contributed by atoms with Crippen molar-refractivity contribution < 1.29 is 4.39 Å². The molecule has 1 N–H and O–H groups in total. The van der Waals surface area contributed by atoms with Crippen LogP contribution in [0.1, 0.15) is 18.3 Å². The molecule has 0 atom stereocenters. The smallest absolute Gasteiger partial charge is 0.258 e. The minimum absolute atomic E-state index is 0.0310.